The number of rotatable bonds is 1. The van der Waals surface area contributed by atoms with E-state index in [2.05, 4.69) is 4.98 Å². The summed E-state index contributed by atoms with van der Waals surface area (Å²) >= 11 is 0. The van der Waals surface area contributed by atoms with Crippen LogP contribution in [0.2, 0.25) is 0 Å². The molecule has 18 heavy (non-hydrogen) atoms. The first kappa shape index (κ1) is 11.1. The highest BCUT2D eigenvalue weighted by molar-refractivity contribution is 6.22. The molecule has 0 spiro atoms. The lowest BCUT2D eigenvalue weighted by Crippen LogP contribution is -2.32. The molecule has 2 aliphatic rings. The number of aromatic nitrogens is 1. The molecule has 3 rings (SSSR count). The molecule has 4 heteroatoms. The third kappa shape index (κ3) is 1.49. The summed E-state index contributed by atoms with van der Waals surface area (Å²) in [5.41, 5.74) is 0.853. The Balaban J connectivity index is 2.02. The van der Waals surface area contributed by atoms with E-state index in [9.17, 15) is 9.59 Å². The molecular formula is C14H14N2O2. The van der Waals surface area contributed by atoms with Crippen LogP contribution in [0, 0.1) is 18.8 Å². The predicted molar refractivity (Wildman–Crippen MR) is 66.8 cm³/mol. The van der Waals surface area contributed by atoms with Crippen LogP contribution in [0.3, 0.4) is 0 Å². The summed E-state index contributed by atoms with van der Waals surface area (Å²) in [7, 11) is 0. The van der Waals surface area contributed by atoms with Gasteiger partial charge < -0.3 is 0 Å². The van der Waals surface area contributed by atoms with Crippen LogP contribution in [-0.4, -0.2) is 16.8 Å². The lowest BCUT2D eigenvalue weighted by Gasteiger charge is -2.15. The summed E-state index contributed by atoms with van der Waals surface area (Å²) in [6, 6.07) is 3.67. The molecule has 2 atom stereocenters. The Labute approximate surface area is 105 Å². The van der Waals surface area contributed by atoms with Gasteiger partial charge in [-0.2, -0.15) is 0 Å². The quantitative estimate of drug-likeness (QED) is 0.557. The van der Waals surface area contributed by atoms with Crippen LogP contribution < -0.4 is 4.90 Å². The fourth-order valence-corrected chi connectivity index (χ4v) is 2.72. The van der Waals surface area contributed by atoms with E-state index >= 15 is 0 Å². The van der Waals surface area contributed by atoms with Crippen molar-refractivity contribution in [2.24, 2.45) is 11.8 Å². The van der Waals surface area contributed by atoms with Crippen molar-refractivity contribution in [2.45, 2.75) is 19.8 Å². The van der Waals surface area contributed by atoms with Crippen LogP contribution in [0.1, 0.15) is 18.4 Å². The van der Waals surface area contributed by atoms with E-state index in [-0.39, 0.29) is 23.7 Å². The number of pyridine rings is 1. The first-order valence-corrected chi connectivity index (χ1v) is 6.14. The summed E-state index contributed by atoms with van der Waals surface area (Å²) in [6.07, 6.45) is 6.92. The topological polar surface area (TPSA) is 50.3 Å². The van der Waals surface area contributed by atoms with Gasteiger partial charge in [0.05, 0.1) is 11.8 Å². The van der Waals surface area contributed by atoms with Crippen molar-refractivity contribution in [1.82, 2.24) is 4.98 Å². The number of fused-ring (bicyclic) bond motifs is 1. The Kier molecular flexibility index (Phi) is 2.51. The maximum absolute atomic E-state index is 12.3. The number of hydrogen-bond donors (Lipinski definition) is 0. The smallest absolute Gasteiger partial charge is 0.239 e. The minimum absolute atomic E-state index is 0.101. The summed E-state index contributed by atoms with van der Waals surface area (Å²) < 4.78 is 0. The third-order valence-electron chi connectivity index (χ3n) is 3.70. The lowest BCUT2D eigenvalue weighted by molar-refractivity contribution is -0.122. The summed E-state index contributed by atoms with van der Waals surface area (Å²) in [6.45, 7) is 1.86. The van der Waals surface area contributed by atoms with Crippen molar-refractivity contribution in [1.29, 1.82) is 0 Å². The highest BCUT2D eigenvalue weighted by Gasteiger charge is 2.48. The second-order valence-electron chi connectivity index (χ2n) is 4.81. The van der Waals surface area contributed by atoms with Gasteiger partial charge >= 0.3 is 0 Å². The second-order valence-corrected chi connectivity index (χ2v) is 4.81. The molecule has 1 aliphatic heterocycles. The number of anilines is 1. The Bertz CT molecular complexity index is 524. The zero-order valence-corrected chi connectivity index (χ0v) is 10.2. The monoisotopic (exact) mass is 242 g/mol. The Morgan fingerprint density at radius 2 is 1.78 bits per heavy atom. The van der Waals surface area contributed by atoms with Gasteiger partial charge in [-0.05, 0) is 31.4 Å². The van der Waals surface area contributed by atoms with Gasteiger partial charge in [0.15, 0.2) is 0 Å². The van der Waals surface area contributed by atoms with Crippen molar-refractivity contribution in [3.8, 4) is 0 Å². The van der Waals surface area contributed by atoms with Gasteiger partial charge in [-0.3, -0.25) is 9.59 Å². The first-order chi connectivity index (χ1) is 8.70. The predicted octanol–water partition coefficient (Wildman–Crippen LogP) is 1.85. The van der Waals surface area contributed by atoms with E-state index in [1.54, 1.807) is 12.3 Å². The van der Waals surface area contributed by atoms with E-state index in [0.717, 1.165) is 5.56 Å². The van der Waals surface area contributed by atoms with Crippen molar-refractivity contribution in [3.63, 3.8) is 0 Å². The van der Waals surface area contributed by atoms with Crippen LogP contribution >= 0.6 is 0 Å². The van der Waals surface area contributed by atoms with E-state index in [1.807, 2.05) is 25.1 Å². The number of amides is 2. The zero-order valence-electron chi connectivity index (χ0n) is 10.2. The molecule has 1 aromatic heterocycles. The van der Waals surface area contributed by atoms with Gasteiger partial charge in [-0.1, -0.05) is 18.2 Å². The molecule has 0 saturated carbocycles. The van der Waals surface area contributed by atoms with Crippen molar-refractivity contribution in [2.75, 3.05) is 4.90 Å². The Morgan fingerprint density at radius 3 is 2.33 bits per heavy atom. The van der Waals surface area contributed by atoms with E-state index in [0.29, 0.717) is 18.7 Å². The van der Waals surface area contributed by atoms with E-state index in [4.69, 9.17) is 0 Å². The van der Waals surface area contributed by atoms with Gasteiger partial charge in [0.1, 0.15) is 5.82 Å². The van der Waals surface area contributed by atoms with Crippen LogP contribution in [0.4, 0.5) is 5.82 Å². The van der Waals surface area contributed by atoms with Gasteiger partial charge in [0, 0.05) is 6.20 Å². The summed E-state index contributed by atoms with van der Waals surface area (Å²) in [5, 5.41) is 0. The standard InChI is InChI=1S/C14H14N2O2/c1-9-5-4-8-15-12(9)16-13(17)10-6-2-3-7-11(10)14(16)18/h2-5,8,10-11H,6-7H2,1H3/t10-,11-/m1/s1. The number of aryl methyl sites for hydroxylation is 1. The van der Waals surface area contributed by atoms with Crippen LogP contribution in [-0.2, 0) is 9.59 Å². The largest absolute Gasteiger partial charge is 0.274 e. The van der Waals surface area contributed by atoms with Crippen molar-refractivity contribution < 1.29 is 9.59 Å². The van der Waals surface area contributed by atoms with Crippen molar-refractivity contribution >= 4 is 17.6 Å². The van der Waals surface area contributed by atoms with Gasteiger partial charge in [0.25, 0.3) is 0 Å². The molecule has 0 unspecified atom stereocenters. The molecular weight excluding hydrogens is 228 g/mol. The molecule has 1 saturated heterocycles. The maximum atomic E-state index is 12.3. The second kappa shape index (κ2) is 4.05. The minimum Gasteiger partial charge on any atom is -0.274 e. The third-order valence-corrected chi connectivity index (χ3v) is 3.70. The Morgan fingerprint density at radius 1 is 1.17 bits per heavy atom. The summed E-state index contributed by atoms with van der Waals surface area (Å²) in [5.74, 6) is -0.0954. The number of nitrogens with zero attached hydrogens (tertiary/aromatic N) is 2. The highest BCUT2D eigenvalue weighted by Crippen LogP contribution is 2.37. The molecule has 0 N–H and O–H groups in total. The number of carbonyl (C=O) groups is 2. The average Bonchev–Trinajstić information content (AvgIpc) is 2.64. The number of imide groups is 1. The summed E-state index contributed by atoms with van der Waals surface area (Å²) in [4.78, 5) is 30.1. The van der Waals surface area contributed by atoms with Gasteiger partial charge in [0.2, 0.25) is 11.8 Å². The van der Waals surface area contributed by atoms with E-state index < -0.39 is 0 Å². The first-order valence-electron chi connectivity index (χ1n) is 6.14. The molecule has 0 radical (unpaired) electrons. The average molecular weight is 242 g/mol. The number of hydrogen-bond acceptors (Lipinski definition) is 3. The molecule has 1 aromatic rings. The maximum Gasteiger partial charge on any atom is 0.239 e. The molecule has 2 heterocycles. The fourth-order valence-electron chi connectivity index (χ4n) is 2.72. The van der Waals surface area contributed by atoms with Crippen molar-refractivity contribution in [3.05, 3.63) is 36.0 Å². The molecule has 0 aromatic carbocycles. The van der Waals surface area contributed by atoms with Crippen LogP contribution in [0.25, 0.3) is 0 Å². The van der Waals surface area contributed by atoms with E-state index in [1.165, 1.54) is 4.90 Å². The Hall–Kier alpha value is -1.97. The van der Waals surface area contributed by atoms with Crippen LogP contribution in [0.15, 0.2) is 30.5 Å². The molecule has 1 fully saturated rings. The normalized spacial score (nSPS) is 26.6. The number of carbonyl (C=O) groups excluding carboxylic acids is 2. The fraction of sp³-hybridized carbons (Fsp3) is 0.357. The van der Waals surface area contributed by atoms with Gasteiger partial charge in [-0.25, -0.2) is 9.88 Å². The highest BCUT2D eigenvalue weighted by atomic mass is 16.2. The zero-order chi connectivity index (χ0) is 12.7. The molecule has 1 aliphatic carbocycles. The molecule has 92 valence electrons. The molecule has 2 amide bonds. The molecule has 0 bridgehead atoms. The van der Waals surface area contributed by atoms with Crippen LogP contribution in [0.5, 0.6) is 0 Å². The van der Waals surface area contributed by atoms with Gasteiger partial charge in [-0.15, -0.1) is 0 Å². The number of allylic oxidation sites excluding steroid dienone is 2. The lowest BCUT2D eigenvalue weighted by atomic mass is 9.85. The minimum atomic E-state index is -0.191. The SMILES string of the molecule is Cc1cccnc1N1C(=O)[C@@H]2CC=CC[C@H]2C1=O. The molecule has 4 nitrogen and oxygen atoms in total.